The third-order valence-electron chi connectivity index (χ3n) is 2.38. The molecular weight excluding hydrogens is 293 g/mol. The van der Waals surface area contributed by atoms with Gasteiger partial charge in [0.2, 0.25) is 0 Å². The van der Waals surface area contributed by atoms with Crippen molar-refractivity contribution in [3.63, 3.8) is 0 Å². The molecule has 0 atom stereocenters. The Morgan fingerprint density at radius 2 is 2.10 bits per heavy atom. The lowest BCUT2D eigenvalue weighted by Crippen LogP contribution is -2.33. The van der Waals surface area contributed by atoms with E-state index in [4.69, 9.17) is 10.5 Å². The molecule has 1 amide bonds. The predicted octanol–water partition coefficient (Wildman–Crippen LogP) is 2.55. The molecule has 1 rings (SSSR count). The maximum Gasteiger partial charge on any atom is 0.407 e. The highest BCUT2D eigenvalue weighted by Crippen LogP contribution is 2.15. The fraction of sp³-hybridized carbons (Fsp3) is 0.429. The molecule has 4 N–H and O–H groups in total. The van der Waals surface area contributed by atoms with Gasteiger partial charge in [-0.05, 0) is 57.1 Å². The number of nitrogens with one attached hydrogen (secondary N) is 2. The van der Waals surface area contributed by atoms with Crippen LogP contribution in [0.4, 0.5) is 14.9 Å². The van der Waals surface area contributed by atoms with Gasteiger partial charge in [-0.3, -0.25) is 0 Å². The lowest BCUT2D eigenvalue weighted by molar-refractivity contribution is 0.0528. The molecular formula is C14H20FN3O2S. The van der Waals surface area contributed by atoms with Crippen LogP contribution in [-0.2, 0) is 11.2 Å². The maximum atomic E-state index is 13.8. The number of amides is 1. The fourth-order valence-electron chi connectivity index (χ4n) is 1.58. The molecule has 0 bridgehead atoms. The highest BCUT2D eigenvalue weighted by Gasteiger charge is 2.15. The predicted molar refractivity (Wildman–Crippen MR) is 84.7 cm³/mol. The summed E-state index contributed by atoms with van der Waals surface area (Å²) >= 11 is 4.68. The first-order chi connectivity index (χ1) is 9.67. The quantitative estimate of drug-likeness (QED) is 0.745. The Bertz CT molecular complexity index is 529. The van der Waals surface area contributed by atoms with Crippen molar-refractivity contribution in [3.05, 3.63) is 29.6 Å². The average Bonchev–Trinajstić information content (AvgIpc) is 2.28. The summed E-state index contributed by atoms with van der Waals surface area (Å²) in [5.74, 6) is -0.387. The molecule has 0 heterocycles. The maximum absolute atomic E-state index is 13.8. The fourth-order valence-corrected chi connectivity index (χ4v) is 1.70. The van der Waals surface area contributed by atoms with Gasteiger partial charge in [-0.15, -0.1) is 0 Å². The number of benzene rings is 1. The van der Waals surface area contributed by atoms with Crippen LogP contribution in [0, 0.1) is 5.82 Å². The number of halogens is 1. The number of hydrogen-bond acceptors (Lipinski definition) is 3. The second-order valence-corrected chi connectivity index (χ2v) is 5.91. The molecule has 0 aliphatic carbocycles. The Hall–Kier alpha value is -1.89. The number of carbonyl (C=O) groups is 1. The van der Waals surface area contributed by atoms with E-state index in [0.717, 1.165) is 0 Å². The number of thiocarbonyl (C=S) groups is 1. The van der Waals surface area contributed by atoms with Crippen LogP contribution in [0.25, 0.3) is 0 Å². The smallest absolute Gasteiger partial charge is 0.407 e. The Morgan fingerprint density at radius 1 is 1.43 bits per heavy atom. The van der Waals surface area contributed by atoms with Crippen molar-refractivity contribution in [2.45, 2.75) is 32.8 Å². The van der Waals surface area contributed by atoms with Gasteiger partial charge in [-0.25, -0.2) is 9.18 Å². The normalized spacial score (nSPS) is 10.9. The summed E-state index contributed by atoms with van der Waals surface area (Å²) in [5, 5.41) is 5.31. The molecule has 1 aromatic rings. The molecule has 21 heavy (non-hydrogen) atoms. The number of rotatable bonds is 4. The molecule has 0 saturated carbocycles. The standard InChI is InChI=1S/C14H20FN3O2S/c1-14(2,3)20-13(19)17-7-6-9-4-5-10(8-11(9)15)18-12(16)21/h4-5,8H,6-7H2,1-3H3,(H,17,19)(H3,16,18,21). The molecule has 0 radical (unpaired) electrons. The van der Waals surface area contributed by atoms with Crippen LogP contribution in [0.3, 0.4) is 0 Å². The van der Waals surface area contributed by atoms with Gasteiger partial charge in [-0.2, -0.15) is 0 Å². The summed E-state index contributed by atoms with van der Waals surface area (Å²) < 4.78 is 18.9. The Morgan fingerprint density at radius 3 is 2.62 bits per heavy atom. The van der Waals surface area contributed by atoms with Gasteiger partial charge < -0.3 is 21.1 Å². The second kappa shape index (κ2) is 7.21. The molecule has 0 aliphatic heterocycles. The van der Waals surface area contributed by atoms with Gasteiger partial charge >= 0.3 is 6.09 Å². The molecule has 0 spiro atoms. The largest absolute Gasteiger partial charge is 0.444 e. The van der Waals surface area contributed by atoms with Crippen molar-refractivity contribution in [3.8, 4) is 0 Å². The van der Waals surface area contributed by atoms with Crippen LogP contribution in [0.2, 0.25) is 0 Å². The number of nitrogens with two attached hydrogens (primary N) is 1. The minimum atomic E-state index is -0.552. The summed E-state index contributed by atoms with van der Waals surface area (Å²) in [4.78, 5) is 11.4. The van der Waals surface area contributed by atoms with E-state index >= 15 is 0 Å². The van der Waals surface area contributed by atoms with Crippen LogP contribution in [-0.4, -0.2) is 23.4 Å². The van der Waals surface area contributed by atoms with Crippen LogP contribution in [0.1, 0.15) is 26.3 Å². The number of hydrogen-bond donors (Lipinski definition) is 3. The zero-order chi connectivity index (χ0) is 16.0. The molecule has 0 aromatic heterocycles. The highest BCUT2D eigenvalue weighted by atomic mass is 32.1. The Labute approximate surface area is 129 Å². The third kappa shape index (κ3) is 6.89. The summed E-state index contributed by atoms with van der Waals surface area (Å²) in [6.45, 7) is 5.62. The summed E-state index contributed by atoms with van der Waals surface area (Å²) in [6, 6.07) is 4.60. The lowest BCUT2D eigenvalue weighted by Gasteiger charge is -2.19. The topological polar surface area (TPSA) is 76.4 Å². The van der Waals surface area contributed by atoms with Crippen molar-refractivity contribution in [1.29, 1.82) is 0 Å². The zero-order valence-electron chi connectivity index (χ0n) is 12.3. The Kier molecular flexibility index (Phi) is 5.90. The number of alkyl carbamates (subject to hydrolysis) is 1. The van der Waals surface area contributed by atoms with E-state index in [9.17, 15) is 9.18 Å². The average molecular weight is 313 g/mol. The van der Waals surface area contributed by atoms with E-state index < -0.39 is 11.7 Å². The van der Waals surface area contributed by atoms with Crippen molar-refractivity contribution >= 4 is 29.1 Å². The molecule has 0 saturated heterocycles. The zero-order valence-corrected chi connectivity index (χ0v) is 13.1. The van der Waals surface area contributed by atoms with Gasteiger partial charge in [0.05, 0.1) is 0 Å². The number of ether oxygens (including phenoxy) is 1. The summed E-state index contributed by atoms with van der Waals surface area (Å²) in [5.41, 5.74) is 5.74. The summed E-state index contributed by atoms with van der Waals surface area (Å²) in [7, 11) is 0. The van der Waals surface area contributed by atoms with Crippen LogP contribution in [0.5, 0.6) is 0 Å². The molecule has 0 fully saturated rings. The molecule has 116 valence electrons. The van der Waals surface area contributed by atoms with E-state index in [2.05, 4.69) is 22.9 Å². The third-order valence-corrected chi connectivity index (χ3v) is 2.49. The first-order valence-electron chi connectivity index (χ1n) is 6.49. The monoisotopic (exact) mass is 313 g/mol. The minimum Gasteiger partial charge on any atom is -0.444 e. The van der Waals surface area contributed by atoms with Crippen LogP contribution < -0.4 is 16.4 Å². The van der Waals surface area contributed by atoms with E-state index in [1.807, 2.05) is 0 Å². The second-order valence-electron chi connectivity index (χ2n) is 5.47. The van der Waals surface area contributed by atoms with Crippen molar-refractivity contribution in [2.24, 2.45) is 5.73 Å². The molecule has 5 nitrogen and oxygen atoms in total. The molecule has 0 unspecified atom stereocenters. The first-order valence-corrected chi connectivity index (χ1v) is 6.90. The highest BCUT2D eigenvalue weighted by molar-refractivity contribution is 7.80. The van der Waals surface area contributed by atoms with Gasteiger partial charge in [0.25, 0.3) is 0 Å². The van der Waals surface area contributed by atoms with Crippen LogP contribution in [0.15, 0.2) is 18.2 Å². The van der Waals surface area contributed by atoms with Crippen molar-refractivity contribution < 1.29 is 13.9 Å². The van der Waals surface area contributed by atoms with Gasteiger partial charge in [0.15, 0.2) is 5.11 Å². The van der Waals surface area contributed by atoms with E-state index in [1.165, 1.54) is 6.07 Å². The lowest BCUT2D eigenvalue weighted by atomic mass is 10.1. The summed E-state index contributed by atoms with van der Waals surface area (Å²) in [6.07, 6.45) is -0.159. The van der Waals surface area contributed by atoms with E-state index in [-0.39, 0.29) is 17.5 Å². The molecule has 1 aromatic carbocycles. The molecule has 7 heteroatoms. The molecule has 0 aliphatic rings. The Balaban J connectivity index is 2.49. The van der Waals surface area contributed by atoms with E-state index in [0.29, 0.717) is 17.7 Å². The SMILES string of the molecule is CC(C)(C)OC(=O)NCCc1ccc(NC(N)=S)cc1F. The van der Waals surface area contributed by atoms with Gasteiger partial charge in [-0.1, -0.05) is 6.07 Å². The van der Waals surface area contributed by atoms with Crippen molar-refractivity contribution in [1.82, 2.24) is 5.32 Å². The number of anilines is 1. The van der Waals surface area contributed by atoms with Crippen molar-refractivity contribution in [2.75, 3.05) is 11.9 Å². The van der Waals surface area contributed by atoms with Crippen LogP contribution >= 0.6 is 12.2 Å². The minimum absolute atomic E-state index is 0.0775. The van der Waals surface area contributed by atoms with Gasteiger partial charge in [0, 0.05) is 12.2 Å². The van der Waals surface area contributed by atoms with E-state index in [1.54, 1.807) is 32.9 Å². The first kappa shape index (κ1) is 17.2. The number of carbonyl (C=O) groups excluding carboxylic acids is 1. The van der Waals surface area contributed by atoms with Gasteiger partial charge in [0.1, 0.15) is 11.4 Å².